The number of aryl methyl sites for hydroxylation is 1. The van der Waals surface area contributed by atoms with Crippen molar-refractivity contribution in [2.45, 2.75) is 0 Å². The van der Waals surface area contributed by atoms with Gasteiger partial charge in [0.15, 0.2) is 0 Å². The van der Waals surface area contributed by atoms with E-state index in [4.69, 9.17) is 10.5 Å². The maximum Gasteiger partial charge on any atom is 0.119 e. The molecule has 1 heterocycles. The van der Waals surface area contributed by atoms with E-state index in [9.17, 15) is 0 Å². The molecule has 0 aliphatic carbocycles. The van der Waals surface area contributed by atoms with Crippen molar-refractivity contribution < 1.29 is 4.74 Å². The first-order valence-corrected chi connectivity index (χ1v) is 4.64. The summed E-state index contributed by atoms with van der Waals surface area (Å²) in [7, 11) is 3.49. The molecule has 4 heteroatoms. The fraction of sp³-hybridized carbons (Fsp3) is 0.182. The Bertz CT molecular complexity index is 476. The van der Waals surface area contributed by atoms with Crippen molar-refractivity contribution in [3.8, 4) is 17.0 Å². The SMILES string of the molecule is COc1cccc(-c2nn(C)cc2N)c1. The summed E-state index contributed by atoms with van der Waals surface area (Å²) in [4.78, 5) is 0. The van der Waals surface area contributed by atoms with Gasteiger partial charge in [0, 0.05) is 18.8 Å². The highest BCUT2D eigenvalue weighted by Gasteiger charge is 2.07. The summed E-state index contributed by atoms with van der Waals surface area (Å²) in [5.41, 5.74) is 8.27. The van der Waals surface area contributed by atoms with Crippen LogP contribution in [0.1, 0.15) is 0 Å². The van der Waals surface area contributed by atoms with Crippen molar-refractivity contribution >= 4 is 5.69 Å². The zero-order valence-corrected chi connectivity index (χ0v) is 8.77. The van der Waals surface area contributed by atoms with Gasteiger partial charge in [-0.25, -0.2) is 0 Å². The Hall–Kier alpha value is -1.97. The standard InChI is InChI=1S/C11H13N3O/c1-14-7-10(12)11(13-14)8-4-3-5-9(6-8)15-2/h3-7H,12H2,1-2H3. The van der Waals surface area contributed by atoms with Crippen molar-refractivity contribution in [3.05, 3.63) is 30.5 Å². The van der Waals surface area contributed by atoms with Crippen LogP contribution in [-0.4, -0.2) is 16.9 Å². The lowest BCUT2D eigenvalue weighted by Gasteiger charge is -2.02. The normalized spacial score (nSPS) is 10.3. The summed E-state index contributed by atoms with van der Waals surface area (Å²) in [6, 6.07) is 7.69. The van der Waals surface area contributed by atoms with Gasteiger partial charge in [0.05, 0.1) is 12.8 Å². The summed E-state index contributed by atoms with van der Waals surface area (Å²) in [6.07, 6.45) is 1.79. The van der Waals surface area contributed by atoms with Crippen LogP contribution in [0.3, 0.4) is 0 Å². The number of nitrogens with two attached hydrogens (primary N) is 1. The van der Waals surface area contributed by atoms with Crippen LogP contribution in [-0.2, 0) is 7.05 Å². The summed E-state index contributed by atoms with van der Waals surface area (Å²) in [5, 5.41) is 4.29. The molecule has 78 valence electrons. The van der Waals surface area contributed by atoms with Crippen LogP contribution in [0.4, 0.5) is 5.69 Å². The second kappa shape index (κ2) is 3.65. The van der Waals surface area contributed by atoms with E-state index in [1.54, 1.807) is 18.0 Å². The second-order valence-corrected chi connectivity index (χ2v) is 3.34. The van der Waals surface area contributed by atoms with Gasteiger partial charge in [-0.3, -0.25) is 4.68 Å². The molecule has 1 aromatic heterocycles. The lowest BCUT2D eigenvalue weighted by Crippen LogP contribution is -1.89. The molecule has 0 aliphatic heterocycles. The van der Waals surface area contributed by atoms with Crippen LogP contribution in [0.25, 0.3) is 11.3 Å². The predicted octanol–water partition coefficient (Wildman–Crippen LogP) is 1.68. The smallest absolute Gasteiger partial charge is 0.119 e. The number of nitrogens with zero attached hydrogens (tertiary/aromatic N) is 2. The van der Waals surface area contributed by atoms with Gasteiger partial charge in [-0.1, -0.05) is 12.1 Å². The van der Waals surface area contributed by atoms with E-state index >= 15 is 0 Å². The Morgan fingerprint density at radius 1 is 1.40 bits per heavy atom. The minimum Gasteiger partial charge on any atom is -0.497 e. The number of benzene rings is 1. The summed E-state index contributed by atoms with van der Waals surface area (Å²) >= 11 is 0. The molecule has 0 saturated carbocycles. The van der Waals surface area contributed by atoms with E-state index in [0.29, 0.717) is 5.69 Å². The lowest BCUT2D eigenvalue weighted by atomic mass is 10.1. The summed E-state index contributed by atoms with van der Waals surface area (Å²) in [5.74, 6) is 0.803. The molecule has 0 saturated heterocycles. The molecule has 0 amide bonds. The maximum absolute atomic E-state index is 5.84. The van der Waals surface area contributed by atoms with Gasteiger partial charge >= 0.3 is 0 Å². The van der Waals surface area contributed by atoms with Gasteiger partial charge in [0.2, 0.25) is 0 Å². The van der Waals surface area contributed by atoms with Gasteiger partial charge < -0.3 is 10.5 Å². The molecule has 0 fully saturated rings. The molecule has 0 aliphatic rings. The van der Waals surface area contributed by atoms with Crippen molar-refractivity contribution in [1.29, 1.82) is 0 Å². The highest BCUT2D eigenvalue weighted by Crippen LogP contribution is 2.26. The quantitative estimate of drug-likeness (QED) is 0.807. The molecule has 1 aromatic carbocycles. The monoisotopic (exact) mass is 203 g/mol. The Balaban J connectivity index is 2.49. The molecule has 2 aromatic rings. The highest BCUT2D eigenvalue weighted by atomic mass is 16.5. The van der Waals surface area contributed by atoms with E-state index in [1.807, 2.05) is 31.3 Å². The van der Waals surface area contributed by atoms with Gasteiger partial charge in [-0.05, 0) is 12.1 Å². The molecule has 0 bridgehead atoms. The topological polar surface area (TPSA) is 53.1 Å². The van der Waals surface area contributed by atoms with Crippen LogP contribution < -0.4 is 10.5 Å². The number of rotatable bonds is 2. The molecule has 15 heavy (non-hydrogen) atoms. The fourth-order valence-electron chi connectivity index (χ4n) is 1.50. The first-order chi connectivity index (χ1) is 7.20. The van der Waals surface area contributed by atoms with Gasteiger partial charge in [0.25, 0.3) is 0 Å². The van der Waals surface area contributed by atoms with E-state index in [0.717, 1.165) is 17.0 Å². The van der Waals surface area contributed by atoms with Crippen molar-refractivity contribution in [3.63, 3.8) is 0 Å². The maximum atomic E-state index is 5.84. The molecule has 2 rings (SSSR count). The third-order valence-electron chi connectivity index (χ3n) is 2.20. The molecule has 0 unspecified atom stereocenters. The summed E-state index contributed by atoms with van der Waals surface area (Å²) in [6.45, 7) is 0. The van der Waals surface area contributed by atoms with E-state index < -0.39 is 0 Å². The first-order valence-electron chi connectivity index (χ1n) is 4.64. The number of ether oxygens (including phenoxy) is 1. The van der Waals surface area contributed by atoms with Gasteiger partial charge in [-0.2, -0.15) is 5.10 Å². The fourth-order valence-corrected chi connectivity index (χ4v) is 1.50. The van der Waals surface area contributed by atoms with Crippen LogP contribution >= 0.6 is 0 Å². The van der Waals surface area contributed by atoms with Crippen molar-refractivity contribution in [2.75, 3.05) is 12.8 Å². The number of anilines is 1. The lowest BCUT2D eigenvalue weighted by molar-refractivity contribution is 0.415. The van der Waals surface area contributed by atoms with Crippen molar-refractivity contribution in [1.82, 2.24) is 9.78 Å². The zero-order valence-electron chi connectivity index (χ0n) is 8.77. The Kier molecular flexibility index (Phi) is 2.33. The first kappa shape index (κ1) is 9.58. The highest BCUT2D eigenvalue weighted by molar-refractivity contribution is 5.72. The summed E-state index contributed by atoms with van der Waals surface area (Å²) < 4.78 is 6.85. The number of methoxy groups -OCH3 is 1. The van der Waals surface area contributed by atoms with Gasteiger partial charge in [-0.15, -0.1) is 0 Å². The molecular weight excluding hydrogens is 190 g/mol. The molecule has 4 nitrogen and oxygen atoms in total. The average Bonchev–Trinajstić information content (AvgIpc) is 2.58. The third-order valence-corrected chi connectivity index (χ3v) is 2.20. The van der Waals surface area contributed by atoms with E-state index in [-0.39, 0.29) is 0 Å². The molecule has 0 radical (unpaired) electrons. The third kappa shape index (κ3) is 1.79. The van der Waals surface area contributed by atoms with Crippen LogP contribution in [0, 0.1) is 0 Å². The van der Waals surface area contributed by atoms with Gasteiger partial charge in [0.1, 0.15) is 11.4 Å². The van der Waals surface area contributed by atoms with Crippen molar-refractivity contribution in [2.24, 2.45) is 7.05 Å². The molecule has 0 spiro atoms. The number of hydrogen-bond donors (Lipinski definition) is 1. The predicted molar refractivity (Wildman–Crippen MR) is 59.6 cm³/mol. The van der Waals surface area contributed by atoms with Crippen LogP contribution in [0.2, 0.25) is 0 Å². The average molecular weight is 203 g/mol. The van der Waals surface area contributed by atoms with E-state index in [2.05, 4.69) is 5.10 Å². The minimum absolute atomic E-state index is 0.672. The number of hydrogen-bond acceptors (Lipinski definition) is 3. The second-order valence-electron chi connectivity index (χ2n) is 3.34. The molecular formula is C11H13N3O. The van der Waals surface area contributed by atoms with Crippen LogP contribution in [0.5, 0.6) is 5.75 Å². The number of aromatic nitrogens is 2. The van der Waals surface area contributed by atoms with E-state index in [1.165, 1.54) is 0 Å². The molecule has 0 atom stereocenters. The Labute approximate surface area is 88.3 Å². The number of nitrogen functional groups attached to an aromatic ring is 1. The Morgan fingerprint density at radius 3 is 2.80 bits per heavy atom. The zero-order chi connectivity index (χ0) is 10.8. The molecule has 2 N–H and O–H groups in total. The van der Waals surface area contributed by atoms with Crippen LogP contribution in [0.15, 0.2) is 30.5 Å². The Morgan fingerprint density at radius 2 is 2.20 bits per heavy atom. The largest absolute Gasteiger partial charge is 0.497 e. The minimum atomic E-state index is 0.672.